The molecule has 0 aliphatic rings. The van der Waals surface area contributed by atoms with Crippen molar-refractivity contribution in [3.05, 3.63) is 40.2 Å². The van der Waals surface area contributed by atoms with E-state index in [-0.39, 0.29) is 0 Å². The third-order valence-corrected chi connectivity index (χ3v) is 3.97. The van der Waals surface area contributed by atoms with Crippen molar-refractivity contribution in [3.8, 4) is 0 Å². The van der Waals surface area contributed by atoms with E-state index in [0.717, 1.165) is 16.2 Å². The Bertz CT molecular complexity index is 713. The Labute approximate surface area is 104 Å². The first-order valence-corrected chi connectivity index (χ1v) is 6.41. The Morgan fingerprint density at radius 3 is 2.82 bits per heavy atom. The van der Waals surface area contributed by atoms with Gasteiger partial charge in [0.15, 0.2) is 0 Å². The molecule has 1 aromatic heterocycles. The lowest BCUT2D eigenvalue weighted by Crippen LogP contribution is -1.82. The van der Waals surface area contributed by atoms with Crippen molar-refractivity contribution in [2.45, 2.75) is 13.8 Å². The van der Waals surface area contributed by atoms with Crippen LogP contribution in [0.3, 0.4) is 0 Å². The quantitative estimate of drug-likeness (QED) is 0.606. The summed E-state index contributed by atoms with van der Waals surface area (Å²) in [6.45, 7) is 4.19. The molecule has 0 aliphatic heterocycles. The average molecular weight is 241 g/mol. The third-order valence-electron chi connectivity index (χ3n) is 3.05. The van der Waals surface area contributed by atoms with E-state index < -0.39 is 0 Å². The summed E-state index contributed by atoms with van der Waals surface area (Å²) in [7, 11) is 1.84. The molecule has 0 saturated heterocycles. The highest BCUT2D eigenvalue weighted by molar-refractivity contribution is 7.18. The third kappa shape index (κ3) is 1.50. The van der Waals surface area contributed by atoms with Crippen LogP contribution in [0.4, 0.5) is 5.69 Å². The summed E-state index contributed by atoms with van der Waals surface area (Å²) in [5, 5.41) is 7.93. The minimum absolute atomic E-state index is 1.06. The second-order valence-corrected chi connectivity index (χ2v) is 5.43. The van der Waals surface area contributed by atoms with Crippen molar-refractivity contribution in [3.63, 3.8) is 0 Å². The number of benzene rings is 2. The molecule has 0 N–H and O–H groups in total. The fourth-order valence-electron chi connectivity index (χ4n) is 2.30. The maximum atomic E-state index is 4.65. The fourth-order valence-corrected chi connectivity index (χ4v) is 3.17. The van der Waals surface area contributed by atoms with Gasteiger partial charge in [0, 0.05) is 5.39 Å². The number of rotatable bonds is 1. The molecule has 3 aromatic rings. The molecule has 2 nitrogen and oxygen atoms in total. The van der Waals surface area contributed by atoms with Crippen LogP contribution >= 0.6 is 11.3 Å². The number of hydrogen-bond acceptors (Lipinski definition) is 2. The molecule has 0 fully saturated rings. The van der Waals surface area contributed by atoms with Crippen molar-refractivity contribution < 1.29 is 0 Å². The Hall–Kier alpha value is -1.61. The summed E-state index contributed by atoms with van der Waals surface area (Å²) in [4.78, 5) is 4.65. The topological polar surface area (TPSA) is 27.0 Å². The lowest BCUT2D eigenvalue weighted by molar-refractivity contribution is 1.35. The summed E-state index contributed by atoms with van der Waals surface area (Å²) in [5.74, 6) is 0. The zero-order valence-electron chi connectivity index (χ0n) is 10.1. The monoisotopic (exact) mass is 241 g/mol. The number of aromatic nitrogens is 1. The lowest BCUT2D eigenvalue weighted by atomic mass is 10.0. The van der Waals surface area contributed by atoms with E-state index in [9.17, 15) is 0 Å². The molecule has 0 atom stereocenters. The minimum Gasteiger partial charge on any atom is -0.686 e. The van der Waals surface area contributed by atoms with Gasteiger partial charge in [-0.05, 0) is 24.8 Å². The first kappa shape index (κ1) is 10.5. The highest BCUT2D eigenvalue weighted by Gasteiger charge is 2.08. The maximum absolute atomic E-state index is 4.65. The predicted molar refractivity (Wildman–Crippen MR) is 75.5 cm³/mol. The number of aryl methyl sites for hydroxylation is 2. The second kappa shape index (κ2) is 3.70. The molecule has 0 radical (unpaired) electrons. The van der Waals surface area contributed by atoms with Gasteiger partial charge in [-0.25, -0.2) is 4.98 Å². The molecular formula is C14H13N2S-. The molecule has 1 heterocycles. The Kier molecular flexibility index (Phi) is 2.30. The van der Waals surface area contributed by atoms with E-state index in [1.165, 1.54) is 21.0 Å². The summed E-state index contributed by atoms with van der Waals surface area (Å²) in [6, 6.07) is 8.48. The van der Waals surface area contributed by atoms with E-state index >= 15 is 0 Å². The smallest absolute Gasteiger partial charge is 0.0908 e. The molecule has 17 heavy (non-hydrogen) atoms. The van der Waals surface area contributed by atoms with Crippen molar-refractivity contribution in [1.82, 2.24) is 4.98 Å². The van der Waals surface area contributed by atoms with Gasteiger partial charge in [0.05, 0.1) is 15.2 Å². The largest absolute Gasteiger partial charge is 0.686 e. The standard InChI is InChI=1S/C14H13N2S/c1-8-5-4-6-10-11(15-3)7-12-14(13(8)10)16-9(2)17-12/h4-7H,1-3H3/q-1. The molecule has 0 amide bonds. The molecular weight excluding hydrogens is 228 g/mol. The summed E-state index contributed by atoms with van der Waals surface area (Å²) in [6.07, 6.45) is 0. The van der Waals surface area contributed by atoms with Crippen LogP contribution in [0.25, 0.3) is 26.3 Å². The zero-order valence-corrected chi connectivity index (χ0v) is 10.9. The van der Waals surface area contributed by atoms with Gasteiger partial charge in [0.2, 0.25) is 0 Å². The van der Waals surface area contributed by atoms with E-state index in [2.05, 4.69) is 48.4 Å². The van der Waals surface area contributed by atoms with E-state index in [0.29, 0.717) is 0 Å². The zero-order chi connectivity index (χ0) is 12.0. The fraction of sp³-hybridized carbons (Fsp3) is 0.214. The van der Waals surface area contributed by atoms with Gasteiger partial charge in [-0.3, -0.25) is 0 Å². The van der Waals surface area contributed by atoms with Crippen molar-refractivity contribution in [2.24, 2.45) is 0 Å². The molecule has 0 bridgehead atoms. The molecule has 2 aromatic carbocycles. The Morgan fingerprint density at radius 2 is 2.06 bits per heavy atom. The van der Waals surface area contributed by atoms with Crippen LogP contribution in [0.1, 0.15) is 10.6 Å². The minimum atomic E-state index is 1.06. The molecule has 0 aliphatic carbocycles. The molecule has 3 heteroatoms. The SMILES string of the molecule is C[N-]c1cc2sc(C)nc2c2c(C)cccc12. The van der Waals surface area contributed by atoms with Crippen molar-refractivity contribution in [2.75, 3.05) is 7.05 Å². The Balaban J connectivity index is 2.60. The van der Waals surface area contributed by atoms with E-state index in [1.54, 1.807) is 11.3 Å². The van der Waals surface area contributed by atoms with Crippen molar-refractivity contribution in [1.29, 1.82) is 0 Å². The predicted octanol–water partition coefficient (Wildman–Crippen LogP) is 4.70. The molecule has 3 rings (SSSR count). The van der Waals surface area contributed by atoms with Gasteiger partial charge in [0.25, 0.3) is 0 Å². The van der Waals surface area contributed by atoms with Crippen LogP contribution in [0.5, 0.6) is 0 Å². The van der Waals surface area contributed by atoms with Gasteiger partial charge >= 0.3 is 0 Å². The van der Waals surface area contributed by atoms with Crippen LogP contribution in [-0.4, -0.2) is 12.0 Å². The molecule has 0 saturated carbocycles. The van der Waals surface area contributed by atoms with Gasteiger partial charge in [-0.2, -0.15) is 0 Å². The van der Waals surface area contributed by atoms with Crippen LogP contribution < -0.4 is 0 Å². The van der Waals surface area contributed by atoms with Gasteiger partial charge in [-0.1, -0.05) is 24.3 Å². The van der Waals surface area contributed by atoms with Crippen LogP contribution in [0.2, 0.25) is 0 Å². The van der Waals surface area contributed by atoms with E-state index in [1.807, 2.05) is 7.05 Å². The Morgan fingerprint density at radius 1 is 1.24 bits per heavy atom. The second-order valence-electron chi connectivity index (χ2n) is 4.20. The van der Waals surface area contributed by atoms with Crippen molar-refractivity contribution >= 4 is 38.0 Å². The highest BCUT2D eigenvalue weighted by atomic mass is 32.1. The van der Waals surface area contributed by atoms with Crippen LogP contribution in [0, 0.1) is 13.8 Å². The average Bonchev–Trinajstić information content (AvgIpc) is 2.68. The number of nitrogens with zero attached hydrogens (tertiary/aromatic N) is 2. The van der Waals surface area contributed by atoms with E-state index in [4.69, 9.17) is 0 Å². The normalized spacial score (nSPS) is 11.2. The number of hydrogen-bond donors (Lipinski definition) is 0. The maximum Gasteiger partial charge on any atom is 0.0908 e. The van der Waals surface area contributed by atoms with Crippen LogP contribution in [0.15, 0.2) is 24.3 Å². The first-order chi connectivity index (χ1) is 8.20. The number of fused-ring (bicyclic) bond motifs is 3. The summed E-state index contributed by atoms with van der Waals surface area (Å²) in [5.41, 5.74) is 3.44. The molecule has 0 spiro atoms. The lowest BCUT2D eigenvalue weighted by Gasteiger charge is -2.18. The van der Waals surface area contributed by atoms with Gasteiger partial charge < -0.3 is 5.32 Å². The van der Waals surface area contributed by atoms with Crippen LogP contribution in [-0.2, 0) is 0 Å². The molecule has 86 valence electrons. The van der Waals surface area contributed by atoms with Gasteiger partial charge in [0.1, 0.15) is 0 Å². The van der Waals surface area contributed by atoms with Gasteiger partial charge in [-0.15, -0.1) is 24.1 Å². The molecule has 0 unspecified atom stereocenters. The number of thiazole rings is 1. The summed E-state index contributed by atoms with van der Waals surface area (Å²) < 4.78 is 1.23. The summed E-state index contributed by atoms with van der Waals surface area (Å²) >= 11 is 1.73. The highest BCUT2D eigenvalue weighted by Crippen LogP contribution is 2.38. The first-order valence-electron chi connectivity index (χ1n) is 5.60.